The SMILES string of the molecule is COc1ccc(NC(=O)c2cn(-c3ccccc3)nc2-c2ccccc2)cc1OCC(N)=O. The molecule has 33 heavy (non-hydrogen) atoms. The predicted octanol–water partition coefficient (Wildman–Crippen LogP) is 3.66. The van der Waals surface area contributed by atoms with Crippen molar-refractivity contribution in [1.82, 2.24) is 9.78 Å². The van der Waals surface area contributed by atoms with Gasteiger partial charge in [0.2, 0.25) is 0 Å². The molecule has 166 valence electrons. The van der Waals surface area contributed by atoms with Gasteiger partial charge in [0.15, 0.2) is 18.1 Å². The number of anilines is 1. The van der Waals surface area contributed by atoms with Gasteiger partial charge in [-0.3, -0.25) is 9.59 Å². The number of amides is 2. The van der Waals surface area contributed by atoms with Gasteiger partial charge >= 0.3 is 0 Å². The zero-order valence-electron chi connectivity index (χ0n) is 17.9. The molecule has 0 aliphatic carbocycles. The Labute approximate surface area is 190 Å². The number of carbonyl (C=O) groups is 2. The fraction of sp³-hybridized carbons (Fsp3) is 0.0800. The number of benzene rings is 3. The molecule has 0 unspecified atom stereocenters. The van der Waals surface area contributed by atoms with E-state index >= 15 is 0 Å². The lowest BCUT2D eigenvalue weighted by atomic mass is 10.1. The Hall–Kier alpha value is -4.59. The van der Waals surface area contributed by atoms with Crippen LogP contribution >= 0.6 is 0 Å². The first kappa shape index (κ1) is 21.6. The van der Waals surface area contributed by atoms with Gasteiger partial charge in [-0.15, -0.1) is 0 Å². The maximum absolute atomic E-state index is 13.3. The highest BCUT2D eigenvalue weighted by Gasteiger charge is 2.19. The second-order valence-electron chi connectivity index (χ2n) is 7.11. The average molecular weight is 442 g/mol. The Morgan fingerprint density at radius 3 is 2.33 bits per heavy atom. The van der Waals surface area contributed by atoms with Gasteiger partial charge in [0.05, 0.1) is 18.4 Å². The first-order valence-electron chi connectivity index (χ1n) is 10.2. The number of carbonyl (C=O) groups excluding carboxylic acids is 2. The van der Waals surface area contributed by atoms with E-state index in [0.717, 1.165) is 11.3 Å². The minimum atomic E-state index is -0.618. The summed E-state index contributed by atoms with van der Waals surface area (Å²) in [7, 11) is 1.48. The summed E-state index contributed by atoms with van der Waals surface area (Å²) in [5.74, 6) is -0.261. The second kappa shape index (κ2) is 9.69. The maximum atomic E-state index is 13.3. The number of nitrogens with two attached hydrogens (primary N) is 1. The summed E-state index contributed by atoms with van der Waals surface area (Å²) < 4.78 is 12.3. The van der Waals surface area contributed by atoms with Crippen molar-refractivity contribution in [2.45, 2.75) is 0 Å². The van der Waals surface area contributed by atoms with Gasteiger partial charge in [-0.1, -0.05) is 48.5 Å². The summed E-state index contributed by atoms with van der Waals surface area (Å²) in [5, 5.41) is 7.54. The standard InChI is InChI=1S/C25H22N4O4/c1-32-21-13-12-18(14-22(21)33-16-23(26)30)27-25(31)20-15-29(19-10-6-3-7-11-19)28-24(20)17-8-4-2-5-9-17/h2-15H,16H2,1H3,(H2,26,30)(H,27,31). The summed E-state index contributed by atoms with van der Waals surface area (Å²) >= 11 is 0. The smallest absolute Gasteiger partial charge is 0.259 e. The number of hydrogen-bond donors (Lipinski definition) is 2. The molecule has 8 nitrogen and oxygen atoms in total. The molecule has 0 spiro atoms. The van der Waals surface area contributed by atoms with Crippen LogP contribution in [0.3, 0.4) is 0 Å². The van der Waals surface area contributed by atoms with Crippen molar-refractivity contribution >= 4 is 17.5 Å². The van der Waals surface area contributed by atoms with E-state index in [2.05, 4.69) is 10.4 Å². The van der Waals surface area contributed by atoms with E-state index in [-0.39, 0.29) is 18.3 Å². The molecule has 0 atom stereocenters. The van der Waals surface area contributed by atoms with E-state index in [1.165, 1.54) is 7.11 Å². The van der Waals surface area contributed by atoms with Crippen LogP contribution in [0, 0.1) is 0 Å². The molecule has 1 heterocycles. The van der Waals surface area contributed by atoms with Gasteiger partial charge in [-0.05, 0) is 24.3 Å². The molecule has 0 radical (unpaired) electrons. The molecule has 0 aliphatic heterocycles. The topological polar surface area (TPSA) is 108 Å². The molecule has 3 aromatic carbocycles. The third-order valence-electron chi connectivity index (χ3n) is 4.82. The minimum absolute atomic E-state index is 0.289. The molecule has 4 rings (SSSR count). The number of para-hydroxylation sites is 1. The van der Waals surface area contributed by atoms with Crippen molar-refractivity contribution < 1.29 is 19.1 Å². The summed E-state index contributed by atoms with van der Waals surface area (Å²) in [5.41, 5.74) is 8.24. The fourth-order valence-corrected chi connectivity index (χ4v) is 3.28. The predicted molar refractivity (Wildman–Crippen MR) is 125 cm³/mol. The number of ether oxygens (including phenoxy) is 2. The van der Waals surface area contributed by atoms with E-state index in [1.807, 2.05) is 60.7 Å². The molecule has 3 N–H and O–H groups in total. The van der Waals surface area contributed by atoms with Crippen LogP contribution in [0.5, 0.6) is 11.5 Å². The van der Waals surface area contributed by atoms with Crippen molar-refractivity contribution in [1.29, 1.82) is 0 Å². The molecule has 4 aromatic rings. The summed E-state index contributed by atoms with van der Waals surface area (Å²) in [6.45, 7) is -0.310. The van der Waals surface area contributed by atoms with Crippen LogP contribution in [-0.4, -0.2) is 35.3 Å². The van der Waals surface area contributed by atoms with Crippen LogP contribution in [-0.2, 0) is 4.79 Å². The average Bonchev–Trinajstić information content (AvgIpc) is 3.30. The molecule has 1 aromatic heterocycles. The van der Waals surface area contributed by atoms with Gasteiger partial charge in [0.25, 0.3) is 11.8 Å². The van der Waals surface area contributed by atoms with Crippen LogP contribution in [0.15, 0.2) is 85.1 Å². The Kier molecular flexibility index (Phi) is 6.36. The van der Waals surface area contributed by atoms with Crippen molar-refractivity contribution in [2.24, 2.45) is 5.73 Å². The number of methoxy groups -OCH3 is 1. The Balaban J connectivity index is 1.67. The third kappa shape index (κ3) is 5.01. The normalized spacial score (nSPS) is 10.5. The highest BCUT2D eigenvalue weighted by atomic mass is 16.5. The summed E-state index contributed by atoms with van der Waals surface area (Å²) in [6.07, 6.45) is 1.70. The number of nitrogens with one attached hydrogen (secondary N) is 1. The Morgan fingerprint density at radius 1 is 0.970 bits per heavy atom. The molecular weight excluding hydrogens is 420 g/mol. The van der Waals surface area contributed by atoms with Crippen molar-refractivity contribution in [3.63, 3.8) is 0 Å². The minimum Gasteiger partial charge on any atom is -0.493 e. The van der Waals surface area contributed by atoms with Crippen LogP contribution in [0.1, 0.15) is 10.4 Å². The Morgan fingerprint density at radius 2 is 1.67 bits per heavy atom. The zero-order chi connectivity index (χ0) is 23.2. The van der Waals surface area contributed by atoms with E-state index < -0.39 is 5.91 Å². The van der Waals surface area contributed by atoms with Gasteiger partial charge in [0, 0.05) is 23.5 Å². The lowest BCUT2D eigenvalue weighted by molar-refractivity contribution is -0.119. The molecular formula is C25H22N4O4. The van der Waals surface area contributed by atoms with Gasteiger partial charge in [-0.2, -0.15) is 5.10 Å². The Bertz CT molecular complexity index is 1270. The highest BCUT2D eigenvalue weighted by molar-refractivity contribution is 6.08. The molecule has 0 saturated carbocycles. The molecule has 0 fully saturated rings. The number of rotatable bonds is 8. The number of primary amides is 1. The van der Waals surface area contributed by atoms with Crippen molar-refractivity contribution in [2.75, 3.05) is 19.0 Å². The molecule has 0 saturated heterocycles. The van der Waals surface area contributed by atoms with E-state index in [1.54, 1.807) is 29.1 Å². The van der Waals surface area contributed by atoms with E-state index in [4.69, 9.17) is 15.2 Å². The first-order valence-corrected chi connectivity index (χ1v) is 10.2. The zero-order valence-corrected chi connectivity index (χ0v) is 17.9. The van der Waals surface area contributed by atoms with Crippen LogP contribution in [0.2, 0.25) is 0 Å². The van der Waals surface area contributed by atoms with E-state index in [9.17, 15) is 9.59 Å². The number of nitrogens with zero attached hydrogens (tertiary/aromatic N) is 2. The van der Waals surface area contributed by atoms with Crippen LogP contribution in [0.4, 0.5) is 5.69 Å². The van der Waals surface area contributed by atoms with Crippen molar-refractivity contribution in [3.8, 4) is 28.4 Å². The molecule has 0 bridgehead atoms. The van der Waals surface area contributed by atoms with Gasteiger partial charge in [-0.25, -0.2) is 4.68 Å². The number of hydrogen-bond acceptors (Lipinski definition) is 5. The second-order valence-corrected chi connectivity index (χ2v) is 7.11. The lowest BCUT2D eigenvalue weighted by Crippen LogP contribution is -2.20. The highest BCUT2D eigenvalue weighted by Crippen LogP contribution is 2.31. The largest absolute Gasteiger partial charge is 0.493 e. The first-order chi connectivity index (χ1) is 16.0. The monoisotopic (exact) mass is 442 g/mol. The van der Waals surface area contributed by atoms with Crippen LogP contribution in [0.25, 0.3) is 16.9 Å². The van der Waals surface area contributed by atoms with E-state index in [0.29, 0.717) is 22.7 Å². The van der Waals surface area contributed by atoms with Crippen molar-refractivity contribution in [3.05, 3.63) is 90.6 Å². The summed E-state index contributed by atoms with van der Waals surface area (Å²) in [6, 6.07) is 23.9. The third-order valence-corrected chi connectivity index (χ3v) is 4.82. The molecule has 8 heteroatoms. The summed E-state index contributed by atoms with van der Waals surface area (Å²) in [4.78, 5) is 24.4. The fourth-order valence-electron chi connectivity index (χ4n) is 3.28. The molecule has 0 aliphatic rings. The van der Waals surface area contributed by atoms with Crippen LogP contribution < -0.4 is 20.5 Å². The lowest BCUT2D eigenvalue weighted by Gasteiger charge is -2.12. The van der Waals surface area contributed by atoms with Gasteiger partial charge < -0.3 is 20.5 Å². The van der Waals surface area contributed by atoms with Gasteiger partial charge in [0.1, 0.15) is 5.69 Å². The quantitative estimate of drug-likeness (QED) is 0.433. The molecule has 2 amide bonds. The number of aromatic nitrogens is 2. The maximum Gasteiger partial charge on any atom is 0.259 e.